The lowest BCUT2D eigenvalue weighted by Crippen LogP contribution is -1.91. The Hall–Kier alpha value is -0.670. The molecule has 4 nitrogen and oxygen atoms in total. The van der Waals surface area contributed by atoms with Gasteiger partial charge in [0, 0.05) is 0 Å². The Morgan fingerprint density at radius 1 is 1.23 bits per heavy atom. The van der Waals surface area contributed by atoms with E-state index in [1.54, 1.807) is 0 Å². The summed E-state index contributed by atoms with van der Waals surface area (Å²) in [6, 6.07) is 9.11. The topological polar surface area (TPSA) is 79.5 Å². The smallest absolute Gasteiger partial charge is 0.323 e. The summed E-state index contributed by atoms with van der Waals surface area (Å²) in [5, 5.41) is 2.76. The first kappa shape index (κ1) is 8.91. The van der Waals surface area contributed by atoms with Crippen molar-refractivity contribution in [3.63, 3.8) is 0 Å². The Kier molecular flexibility index (Phi) is 2.00. The molecular formula is C8H10NO3P. The highest BCUT2D eigenvalue weighted by molar-refractivity contribution is 7.53. The summed E-state index contributed by atoms with van der Waals surface area (Å²) in [7, 11) is -3.96. The van der Waals surface area contributed by atoms with Crippen LogP contribution in [0.25, 0.3) is 0 Å². The van der Waals surface area contributed by atoms with Crippen LogP contribution in [0.1, 0.15) is 11.6 Å². The molecule has 5 heteroatoms. The first-order valence-corrected chi connectivity index (χ1v) is 5.63. The van der Waals surface area contributed by atoms with Crippen LogP contribution < -0.4 is 5.32 Å². The largest absolute Gasteiger partial charge is 0.344 e. The third-order valence-electron chi connectivity index (χ3n) is 2.08. The van der Waals surface area contributed by atoms with E-state index in [4.69, 9.17) is 9.79 Å². The van der Waals surface area contributed by atoms with Gasteiger partial charge in [0.15, 0.2) is 0 Å². The lowest BCUT2D eigenvalue weighted by Gasteiger charge is -1.99. The van der Waals surface area contributed by atoms with Crippen LogP contribution >= 0.6 is 7.60 Å². The fraction of sp³-hybridized carbons (Fsp3) is 0.250. The van der Waals surface area contributed by atoms with Crippen LogP contribution in [0.2, 0.25) is 0 Å². The Balaban J connectivity index is 2.13. The van der Waals surface area contributed by atoms with Gasteiger partial charge in [0.25, 0.3) is 0 Å². The molecule has 0 saturated carbocycles. The first-order valence-electron chi connectivity index (χ1n) is 3.95. The molecule has 13 heavy (non-hydrogen) atoms. The van der Waals surface area contributed by atoms with E-state index in [1.807, 2.05) is 30.3 Å². The van der Waals surface area contributed by atoms with Crippen molar-refractivity contribution in [2.45, 2.75) is 11.8 Å². The van der Waals surface area contributed by atoms with Gasteiger partial charge in [-0.2, -0.15) is 0 Å². The van der Waals surface area contributed by atoms with Crippen LogP contribution in [0.4, 0.5) is 0 Å². The van der Waals surface area contributed by atoms with Gasteiger partial charge in [-0.3, -0.25) is 9.88 Å². The zero-order chi connectivity index (χ0) is 9.47. The second kappa shape index (κ2) is 2.93. The van der Waals surface area contributed by atoms with Crippen molar-refractivity contribution in [3.05, 3.63) is 35.9 Å². The summed E-state index contributed by atoms with van der Waals surface area (Å²) in [6.07, 6.45) is 0. The predicted octanol–water partition coefficient (Wildman–Crippen LogP) is 0.835. The van der Waals surface area contributed by atoms with Gasteiger partial charge in [0.05, 0.1) is 6.04 Å². The van der Waals surface area contributed by atoms with Crippen LogP contribution in [0.5, 0.6) is 0 Å². The molecule has 0 aromatic heterocycles. The molecule has 1 aliphatic heterocycles. The molecule has 1 heterocycles. The van der Waals surface area contributed by atoms with Gasteiger partial charge in [-0.05, 0) is 5.56 Å². The first-order chi connectivity index (χ1) is 6.09. The second-order valence-corrected chi connectivity index (χ2v) is 4.82. The predicted molar refractivity (Wildman–Crippen MR) is 48.2 cm³/mol. The Morgan fingerprint density at radius 3 is 2.31 bits per heavy atom. The summed E-state index contributed by atoms with van der Waals surface area (Å²) in [6.45, 7) is 0. The fourth-order valence-electron chi connectivity index (χ4n) is 1.36. The molecule has 2 unspecified atom stereocenters. The second-order valence-electron chi connectivity index (χ2n) is 3.09. The van der Waals surface area contributed by atoms with Crippen LogP contribution in [-0.2, 0) is 4.57 Å². The number of hydrogen-bond donors (Lipinski definition) is 3. The minimum absolute atomic E-state index is 0.179. The minimum atomic E-state index is -3.96. The SMILES string of the molecule is O=P(O)(O)C1NC1c1ccccc1. The van der Waals surface area contributed by atoms with Crippen molar-refractivity contribution in [3.8, 4) is 0 Å². The van der Waals surface area contributed by atoms with Crippen molar-refractivity contribution in [2.24, 2.45) is 0 Å². The van der Waals surface area contributed by atoms with Gasteiger partial charge in [0.2, 0.25) is 0 Å². The van der Waals surface area contributed by atoms with Gasteiger partial charge in [-0.15, -0.1) is 0 Å². The van der Waals surface area contributed by atoms with Gasteiger partial charge in [0.1, 0.15) is 5.78 Å². The van der Waals surface area contributed by atoms with Crippen LogP contribution in [0.15, 0.2) is 30.3 Å². The molecule has 0 spiro atoms. The molecule has 1 aromatic rings. The van der Waals surface area contributed by atoms with Gasteiger partial charge in [-0.1, -0.05) is 30.3 Å². The monoisotopic (exact) mass is 199 g/mol. The highest BCUT2D eigenvalue weighted by Crippen LogP contribution is 2.53. The molecule has 2 rings (SSSR count). The standard InChI is InChI=1S/C8H10NO3P/c10-13(11,12)8-7(9-8)6-4-2-1-3-5-6/h1-5,7-9H,(H2,10,11,12). The van der Waals surface area contributed by atoms with Crippen molar-refractivity contribution in [2.75, 3.05) is 0 Å². The highest BCUT2D eigenvalue weighted by atomic mass is 31.2. The van der Waals surface area contributed by atoms with E-state index in [0.29, 0.717) is 0 Å². The summed E-state index contributed by atoms with van der Waals surface area (Å²) < 4.78 is 10.8. The zero-order valence-electron chi connectivity index (χ0n) is 6.79. The van der Waals surface area contributed by atoms with E-state index in [1.165, 1.54) is 0 Å². The number of nitrogens with one attached hydrogen (secondary N) is 1. The lowest BCUT2D eigenvalue weighted by molar-refractivity contribution is 0.369. The van der Waals surface area contributed by atoms with E-state index in [0.717, 1.165) is 5.56 Å². The summed E-state index contributed by atoms with van der Waals surface area (Å²) >= 11 is 0. The fourth-order valence-corrected chi connectivity index (χ4v) is 2.27. The quantitative estimate of drug-likeness (QED) is 0.487. The summed E-state index contributed by atoms with van der Waals surface area (Å²) in [5.74, 6) is -0.685. The molecule has 1 saturated heterocycles. The maximum Gasteiger partial charge on any atom is 0.344 e. The molecule has 70 valence electrons. The number of hydrogen-bond acceptors (Lipinski definition) is 2. The van der Waals surface area contributed by atoms with Gasteiger partial charge >= 0.3 is 7.60 Å². The van der Waals surface area contributed by atoms with Crippen molar-refractivity contribution in [1.29, 1.82) is 0 Å². The summed E-state index contributed by atoms with van der Waals surface area (Å²) in [4.78, 5) is 17.7. The minimum Gasteiger partial charge on any atom is -0.323 e. The highest BCUT2D eigenvalue weighted by Gasteiger charge is 2.49. The maximum atomic E-state index is 10.8. The van der Waals surface area contributed by atoms with Gasteiger partial charge < -0.3 is 9.79 Å². The molecule has 1 aromatic carbocycles. The van der Waals surface area contributed by atoms with E-state index >= 15 is 0 Å². The number of benzene rings is 1. The average Bonchev–Trinajstić information content (AvgIpc) is 2.83. The molecule has 0 aliphatic carbocycles. The normalized spacial score (nSPS) is 27.2. The van der Waals surface area contributed by atoms with Crippen molar-refractivity contribution in [1.82, 2.24) is 5.32 Å². The van der Waals surface area contributed by atoms with Gasteiger partial charge in [-0.25, -0.2) is 0 Å². The van der Waals surface area contributed by atoms with Crippen molar-refractivity contribution < 1.29 is 14.4 Å². The molecule has 2 atom stereocenters. The molecule has 1 aliphatic rings. The van der Waals surface area contributed by atoms with E-state index in [2.05, 4.69) is 5.32 Å². The van der Waals surface area contributed by atoms with Crippen LogP contribution in [-0.4, -0.2) is 15.6 Å². The lowest BCUT2D eigenvalue weighted by atomic mass is 10.2. The molecule has 0 radical (unpaired) electrons. The zero-order valence-corrected chi connectivity index (χ0v) is 7.69. The van der Waals surface area contributed by atoms with Crippen LogP contribution in [0.3, 0.4) is 0 Å². The number of rotatable bonds is 2. The average molecular weight is 199 g/mol. The molecule has 0 bridgehead atoms. The van der Waals surface area contributed by atoms with E-state index < -0.39 is 13.4 Å². The molecule has 3 N–H and O–H groups in total. The van der Waals surface area contributed by atoms with E-state index in [9.17, 15) is 4.57 Å². The van der Waals surface area contributed by atoms with Crippen LogP contribution in [0, 0.1) is 0 Å². The third kappa shape index (κ3) is 1.81. The maximum absolute atomic E-state index is 10.8. The van der Waals surface area contributed by atoms with E-state index in [-0.39, 0.29) is 6.04 Å². The Morgan fingerprint density at radius 2 is 1.85 bits per heavy atom. The van der Waals surface area contributed by atoms with Crippen molar-refractivity contribution >= 4 is 7.60 Å². The Labute approximate surface area is 75.8 Å². The summed E-state index contributed by atoms with van der Waals surface area (Å²) in [5.41, 5.74) is 0.927. The molecule has 0 amide bonds. The Bertz CT molecular complexity index is 348. The molecule has 1 fully saturated rings. The third-order valence-corrected chi connectivity index (χ3v) is 3.25. The molecular weight excluding hydrogens is 189 g/mol.